The number of anilines is 1. The lowest BCUT2D eigenvalue weighted by Gasteiger charge is -2.33. The van der Waals surface area contributed by atoms with E-state index in [1.807, 2.05) is 56.3 Å². The smallest absolute Gasteiger partial charge is 0.244 e. The summed E-state index contributed by atoms with van der Waals surface area (Å²) in [6.07, 6.45) is 1.34. The van der Waals surface area contributed by atoms with Gasteiger partial charge in [-0.2, -0.15) is 0 Å². The second-order valence-electron chi connectivity index (χ2n) is 9.08. The number of nitrogens with one attached hydrogen (secondary N) is 1. The van der Waals surface area contributed by atoms with E-state index >= 15 is 0 Å². The van der Waals surface area contributed by atoms with Gasteiger partial charge in [0.25, 0.3) is 0 Å². The lowest BCUT2D eigenvalue weighted by Crippen LogP contribution is -2.53. The standard InChI is InChI=1S/C29H35N3O5S/c1-5-30-29(34)27(19-23-10-7-6-8-11-23)31(20-24-12-9-13-26(18-24)37-3)28(33)21-32(38(4,35)36)25-16-14-22(2)15-17-25/h6-18,27H,5,19-21H2,1-4H3,(H,30,34). The largest absolute Gasteiger partial charge is 0.497 e. The van der Waals surface area contributed by atoms with Crippen LogP contribution in [0, 0.1) is 6.92 Å². The minimum atomic E-state index is -3.79. The van der Waals surface area contributed by atoms with E-state index in [0.717, 1.165) is 27.3 Å². The molecule has 3 aromatic rings. The van der Waals surface area contributed by atoms with Crippen molar-refractivity contribution in [3.63, 3.8) is 0 Å². The second kappa shape index (κ2) is 13.1. The van der Waals surface area contributed by atoms with Crippen LogP contribution in [-0.2, 0) is 32.6 Å². The summed E-state index contributed by atoms with van der Waals surface area (Å²) in [5, 5.41) is 2.84. The Morgan fingerprint density at radius 3 is 2.21 bits per heavy atom. The third kappa shape index (κ3) is 7.82. The van der Waals surface area contributed by atoms with Crippen LogP contribution in [0.15, 0.2) is 78.9 Å². The van der Waals surface area contributed by atoms with Crippen LogP contribution in [0.4, 0.5) is 5.69 Å². The molecular weight excluding hydrogens is 502 g/mol. The molecule has 0 spiro atoms. The van der Waals surface area contributed by atoms with E-state index in [4.69, 9.17) is 4.74 Å². The van der Waals surface area contributed by atoms with E-state index in [0.29, 0.717) is 18.0 Å². The van der Waals surface area contributed by atoms with Gasteiger partial charge in [0.1, 0.15) is 18.3 Å². The van der Waals surface area contributed by atoms with Crippen molar-refractivity contribution in [1.29, 1.82) is 0 Å². The van der Waals surface area contributed by atoms with Gasteiger partial charge in [-0.05, 0) is 49.2 Å². The molecule has 0 radical (unpaired) electrons. The molecule has 2 amide bonds. The molecule has 0 aliphatic heterocycles. The maximum absolute atomic E-state index is 13.9. The van der Waals surface area contributed by atoms with Gasteiger partial charge in [-0.1, -0.05) is 60.2 Å². The van der Waals surface area contributed by atoms with Gasteiger partial charge in [-0.3, -0.25) is 13.9 Å². The van der Waals surface area contributed by atoms with E-state index in [2.05, 4.69) is 5.32 Å². The number of aryl methyl sites for hydroxylation is 1. The van der Waals surface area contributed by atoms with Gasteiger partial charge in [-0.15, -0.1) is 0 Å². The van der Waals surface area contributed by atoms with Crippen molar-refractivity contribution < 1.29 is 22.7 Å². The highest BCUT2D eigenvalue weighted by Gasteiger charge is 2.32. The summed E-state index contributed by atoms with van der Waals surface area (Å²) in [6.45, 7) is 3.75. The minimum absolute atomic E-state index is 0.0934. The van der Waals surface area contributed by atoms with Crippen LogP contribution in [0.1, 0.15) is 23.6 Å². The number of carbonyl (C=O) groups is 2. The van der Waals surface area contributed by atoms with Gasteiger partial charge >= 0.3 is 0 Å². The molecular formula is C29H35N3O5S. The molecule has 1 unspecified atom stereocenters. The average molecular weight is 538 g/mol. The first-order chi connectivity index (χ1) is 18.1. The molecule has 0 saturated carbocycles. The maximum Gasteiger partial charge on any atom is 0.244 e. The summed E-state index contributed by atoms with van der Waals surface area (Å²) in [5.41, 5.74) is 2.98. The molecule has 0 aromatic heterocycles. The fourth-order valence-electron chi connectivity index (χ4n) is 4.14. The molecule has 8 nitrogen and oxygen atoms in total. The fourth-order valence-corrected chi connectivity index (χ4v) is 4.99. The SMILES string of the molecule is CCNC(=O)C(Cc1ccccc1)N(Cc1cccc(OC)c1)C(=O)CN(c1ccc(C)cc1)S(C)(=O)=O. The van der Waals surface area contributed by atoms with Crippen molar-refractivity contribution in [2.75, 3.05) is 30.8 Å². The predicted molar refractivity (Wildman–Crippen MR) is 150 cm³/mol. The number of carbonyl (C=O) groups excluding carboxylic acids is 2. The molecule has 0 aliphatic carbocycles. The molecule has 0 bridgehead atoms. The Bertz CT molecular complexity index is 1330. The highest BCUT2D eigenvalue weighted by atomic mass is 32.2. The zero-order chi connectivity index (χ0) is 27.7. The summed E-state index contributed by atoms with van der Waals surface area (Å²) in [7, 11) is -2.24. The average Bonchev–Trinajstić information content (AvgIpc) is 2.90. The van der Waals surface area contributed by atoms with Crippen molar-refractivity contribution >= 4 is 27.5 Å². The van der Waals surface area contributed by atoms with Crippen LogP contribution in [0.2, 0.25) is 0 Å². The molecule has 9 heteroatoms. The Balaban J connectivity index is 2.04. The van der Waals surface area contributed by atoms with E-state index in [-0.39, 0.29) is 18.9 Å². The molecule has 38 heavy (non-hydrogen) atoms. The van der Waals surface area contributed by atoms with Crippen LogP contribution in [0.3, 0.4) is 0 Å². The van der Waals surface area contributed by atoms with Gasteiger partial charge in [0.05, 0.1) is 19.1 Å². The summed E-state index contributed by atoms with van der Waals surface area (Å²) >= 11 is 0. The molecule has 0 aliphatic rings. The van der Waals surface area contributed by atoms with Gasteiger partial charge in [0.15, 0.2) is 0 Å². The maximum atomic E-state index is 13.9. The summed E-state index contributed by atoms with van der Waals surface area (Å²) < 4.78 is 32.0. The van der Waals surface area contributed by atoms with Crippen molar-refractivity contribution in [2.24, 2.45) is 0 Å². The van der Waals surface area contributed by atoms with E-state index in [1.165, 1.54) is 4.90 Å². The number of benzene rings is 3. The molecule has 3 rings (SSSR count). The lowest BCUT2D eigenvalue weighted by molar-refractivity contribution is -0.140. The van der Waals surface area contributed by atoms with Gasteiger partial charge in [-0.25, -0.2) is 8.42 Å². The third-order valence-electron chi connectivity index (χ3n) is 6.11. The Labute approximate surface area is 225 Å². The first-order valence-corrected chi connectivity index (χ1v) is 14.3. The zero-order valence-corrected chi connectivity index (χ0v) is 23.1. The van der Waals surface area contributed by atoms with Crippen molar-refractivity contribution in [1.82, 2.24) is 10.2 Å². The van der Waals surface area contributed by atoms with Crippen LogP contribution >= 0.6 is 0 Å². The quantitative estimate of drug-likeness (QED) is 0.381. The lowest BCUT2D eigenvalue weighted by atomic mass is 10.0. The van der Waals surface area contributed by atoms with Gasteiger partial charge < -0.3 is 15.0 Å². The van der Waals surface area contributed by atoms with E-state index < -0.39 is 28.5 Å². The number of likely N-dealkylation sites (N-methyl/N-ethyl adjacent to an activating group) is 1. The number of methoxy groups -OCH3 is 1. The van der Waals surface area contributed by atoms with Crippen LogP contribution < -0.4 is 14.4 Å². The molecule has 0 heterocycles. The number of nitrogens with zero attached hydrogens (tertiary/aromatic N) is 2. The fraction of sp³-hybridized carbons (Fsp3) is 0.310. The first kappa shape index (κ1) is 28.7. The Morgan fingerprint density at radius 1 is 0.947 bits per heavy atom. The van der Waals surface area contributed by atoms with Gasteiger partial charge in [0, 0.05) is 19.5 Å². The summed E-state index contributed by atoms with van der Waals surface area (Å²) in [5.74, 6) is -0.190. The number of hydrogen-bond acceptors (Lipinski definition) is 5. The topological polar surface area (TPSA) is 96.0 Å². The number of ether oxygens (including phenoxy) is 1. The van der Waals surface area contributed by atoms with Crippen molar-refractivity contribution in [2.45, 2.75) is 32.9 Å². The number of amides is 2. The Morgan fingerprint density at radius 2 is 1.61 bits per heavy atom. The summed E-state index contributed by atoms with van der Waals surface area (Å²) in [4.78, 5) is 28.7. The highest BCUT2D eigenvalue weighted by molar-refractivity contribution is 7.92. The number of sulfonamides is 1. The molecule has 0 fully saturated rings. The third-order valence-corrected chi connectivity index (χ3v) is 7.25. The van der Waals surface area contributed by atoms with Gasteiger partial charge in [0.2, 0.25) is 21.8 Å². The number of hydrogen-bond donors (Lipinski definition) is 1. The zero-order valence-electron chi connectivity index (χ0n) is 22.3. The Hall–Kier alpha value is -3.85. The molecule has 1 atom stereocenters. The monoisotopic (exact) mass is 537 g/mol. The van der Waals surface area contributed by atoms with E-state index in [9.17, 15) is 18.0 Å². The second-order valence-corrected chi connectivity index (χ2v) is 11.0. The van der Waals surface area contributed by atoms with E-state index in [1.54, 1.807) is 43.5 Å². The predicted octanol–water partition coefficient (Wildman–Crippen LogP) is 3.55. The summed E-state index contributed by atoms with van der Waals surface area (Å²) in [6, 6.07) is 22.7. The molecule has 3 aromatic carbocycles. The molecule has 0 saturated heterocycles. The number of rotatable bonds is 12. The normalized spacial score (nSPS) is 11.9. The molecule has 1 N–H and O–H groups in total. The Kier molecular flexibility index (Phi) is 9.90. The molecule has 202 valence electrons. The van der Waals surface area contributed by atoms with Crippen molar-refractivity contribution in [3.05, 3.63) is 95.6 Å². The van der Waals surface area contributed by atoms with Crippen LogP contribution in [-0.4, -0.2) is 57.6 Å². The van der Waals surface area contributed by atoms with Crippen LogP contribution in [0.25, 0.3) is 0 Å². The van der Waals surface area contributed by atoms with Crippen LogP contribution in [0.5, 0.6) is 5.75 Å². The minimum Gasteiger partial charge on any atom is -0.497 e. The highest BCUT2D eigenvalue weighted by Crippen LogP contribution is 2.22. The first-order valence-electron chi connectivity index (χ1n) is 12.4. The van der Waals surface area contributed by atoms with Crippen molar-refractivity contribution in [3.8, 4) is 5.75 Å².